The first-order valence-electron chi connectivity index (χ1n) is 8.39. The molecule has 0 saturated heterocycles. The Balaban J connectivity index is 1.55. The molecule has 0 saturated carbocycles. The lowest BCUT2D eigenvalue weighted by Crippen LogP contribution is -2.15. The third-order valence-electron chi connectivity index (χ3n) is 4.17. The van der Waals surface area contributed by atoms with Gasteiger partial charge in [-0.2, -0.15) is 0 Å². The van der Waals surface area contributed by atoms with Crippen LogP contribution < -0.4 is 16.4 Å². The fourth-order valence-electron chi connectivity index (χ4n) is 2.72. The third kappa shape index (κ3) is 3.43. The molecule has 0 unspecified atom stereocenters. The predicted molar refractivity (Wildman–Crippen MR) is 103 cm³/mol. The Bertz CT molecular complexity index is 1230. The van der Waals surface area contributed by atoms with E-state index in [9.17, 15) is 14.4 Å². The Morgan fingerprint density at radius 3 is 2.64 bits per heavy atom. The molecule has 2 aromatic heterocycles. The van der Waals surface area contributed by atoms with Gasteiger partial charge in [0.15, 0.2) is 11.3 Å². The summed E-state index contributed by atoms with van der Waals surface area (Å²) >= 11 is 0. The zero-order valence-electron chi connectivity index (χ0n) is 14.7. The third-order valence-corrected chi connectivity index (χ3v) is 4.17. The van der Waals surface area contributed by atoms with Crippen molar-refractivity contribution in [2.45, 2.75) is 6.92 Å². The molecule has 4 rings (SSSR count). The van der Waals surface area contributed by atoms with Gasteiger partial charge in [-0.3, -0.25) is 14.6 Å². The van der Waals surface area contributed by atoms with Crippen LogP contribution in [0.15, 0.2) is 68.4 Å². The average Bonchev–Trinajstić information content (AvgIpc) is 3.32. The van der Waals surface area contributed by atoms with Crippen molar-refractivity contribution in [2.24, 2.45) is 0 Å². The molecule has 0 spiro atoms. The summed E-state index contributed by atoms with van der Waals surface area (Å²) < 4.78 is 10.0. The van der Waals surface area contributed by atoms with Crippen molar-refractivity contribution in [1.82, 2.24) is 4.98 Å². The number of amides is 2. The largest absolute Gasteiger partial charge is 0.459 e. The minimum absolute atomic E-state index is 0.177. The van der Waals surface area contributed by atoms with E-state index >= 15 is 0 Å². The second kappa shape index (κ2) is 6.92. The number of fused-ring (bicyclic) bond motifs is 1. The SMILES string of the molecule is Cc1ccc(C(=O)Nc2ccc3oc(=O)[nH]c3c2)cc1NC(=O)c1ccco1. The molecule has 2 aromatic carbocycles. The summed E-state index contributed by atoms with van der Waals surface area (Å²) in [6, 6.07) is 13.0. The van der Waals surface area contributed by atoms with Gasteiger partial charge in [-0.1, -0.05) is 6.07 Å². The van der Waals surface area contributed by atoms with Crippen LogP contribution in [0.3, 0.4) is 0 Å². The van der Waals surface area contributed by atoms with Gasteiger partial charge in [-0.15, -0.1) is 0 Å². The van der Waals surface area contributed by atoms with Gasteiger partial charge < -0.3 is 19.5 Å². The number of H-pyrrole nitrogens is 1. The van der Waals surface area contributed by atoms with E-state index in [1.807, 2.05) is 6.92 Å². The number of oxazole rings is 1. The van der Waals surface area contributed by atoms with Crippen molar-refractivity contribution in [3.63, 3.8) is 0 Å². The molecule has 0 radical (unpaired) electrons. The zero-order valence-corrected chi connectivity index (χ0v) is 14.7. The molecule has 4 aromatic rings. The molecule has 0 aliphatic carbocycles. The van der Waals surface area contributed by atoms with Crippen LogP contribution in [0.5, 0.6) is 0 Å². The molecule has 28 heavy (non-hydrogen) atoms. The molecule has 8 nitrogen and oxygen atoms in total. The molecular weight excluding hydrogens is 362 g/mol. The number of aromatic nitrogens is 1. The van der Waals surface area contributed by atoms with Crippen LogP contribution in [0, 0.1) is 6.92 Å². The highest BCUT2D eigenvalue weighted by molar-refractivity contribution is 6.07. The van der Waals surface area contributed by atoms with Gasteiger partial charge in [0.1, 0.15) is 0 Å². The van der Waals surface area contributed by atoms with Crippen molar-refractivity contribution in [1.29, 1.82) is 0 Å². The summed E-state index contributed by atoms with van der Waals surface area (Å²) in [4.78, 5) is 38.5. The molecular formula is C20H15N3O5. The first-order chi connectivity index (χ1) is 13.5. The lowest BCUT2D eigenvalue weighted by molar-refractivity contribution is 0.0993. The summed E-state index contributed by atoms with van der Waals surface area (Å²) in [6.45, 7) is 1.82. The Kier molecular flexibility index (Phi) is 4.29. The van der Waals surface area contributed by atoms with E-state index in [0.29, 0.717) is 28.0 Å². The molecule has 8 heteroatoms. The van der Waals surface area contributed by atoms with Gasteiger partial charge in [0, 0.05) is 16.9 Å². The Morgan fingerprint density at radius 2 is 1.86 bits per heavy atom. The van der Waals surface area contributed by atoms with Crippen LogP contribution in [-0.4, -0.2) is 16.8 Å². The van der Waals surface area contributed by atoms with E-state index in [4.69, 9.17) is 8.83 Å². The highest BCUT2D eigenvalue weighted by Crippen LogP contribution is 2.21. The van der Waals surface area contributed by atoms with Gasteiger partial charge in [-0.05, 0) is 55.0 Å². The van der Waals surface area contributed by atoms with Gasteiger partial charge in [0.05, 0.1) is 11.8 Å². The normalized spacial score (nSPS) is 10.8. The van der Waals surface area contributed by atoms with Gasteiger partial charge >= 0.3 is 5.76 Å². The predicted octanol–water partition coefficient (Wildman–Crippen LogP) is 3.53. The smallest absolute Gasteiger partial charge is 0.417 e. The zero-order chi connectivity index (χ0) is 19.7. The summed E-state index contributed by atoms with van der Waals surface area (Å²) in [5, 5.41) is 5.49. The molecule has 0 fully saturated rings. The van der Waals surface area contributed by atoms with Crippen molar-refractivity contribution >= 4 is 34.3 Å². The van der Waals surface area contributed by atoms with Crippen LogP contribution in [0.4, 0.5) is 11.4 Å². The number of hydrogen-bond acceptors (Lipinski definition) is 5. The van der Waals surface area contributed by atoms with E-state index in [-0.39, 0.29) is 11.7 Å². The van der Waals surface area contributed by atoms with Crippen LogP contribution in [0.2, 0.25) is 0 Å². The topological polar surface area (TPSA) is 117 Å². The number of furan rings is 1. The van der Waals surface area contributed by atoms with Crippen LogP contribution in [0.25, 0.3) is 11.1 Å². The maximum Gasteiger partial charge on any atom is 0.417 e. The fraction of sp³-hybridized carbons (Fsp3) is 0.0500. The molecule has 2 heterocycles. The average molecular weight is 377 g/mol. The van der Waals surface area contributed by atoms with E-state index < -0.39 is 11.7 Å². The summed E-state index contributed by atoms with van der Waals surface area (Å²) in [5.74, 6) is -1.15. The highest BCUT2D eigenvalue weighted by atomic mass is 16.4. The van der Waals surface area contributed by atoms with Gasteiger partial charge in [-0.25, -0.2) is 4.79 Å². The van der Waals surface area contributed by atoms with Crippen molar-refractivity contribution in [3.05, 3.63) is 82.2 Å². The summed E-state index contributed by atoms with van der Waals surface area (Å²) in [5.41, 5.74) is 3.05. The molecule has 2 amide bonds. The standard InChI is InChI=1S/C20H15N3O5/c1-11-4-5-12(9-14(11)22-19(25)17-3-2-8-27-17)18(24)21-13-6-7-16-15(10-13)23-20(26)28-16/h2-10H,1H3,(H,21,24)(H,22,25)(H,23,26). The number of benzene rings is 2. The molecule has 0 bridgehead atoms. The van der Waals surface area contributed by atoms with Gasteiger partial charge in [0.2, 0.25) is 0 Å². The Hall–Kier alpha value is -4.07. The number of hydrogen-bond donors (Lipinski definition) is 3. The Labute approximate surface area is 158 Å². The lowest BCUT2D eigenvalue weighted by atomic mass is 10.1. The number of nitrogens with one attached hydrogen (secondary N) is 3. The summed E-state index contributed by atoms with van der Waals surface area (Å²) in [6.07, 6.45) is 1.41. The number of aromatic amines is 1. The molecule has 0 aliphatic heterocycles. The first kappa shape index (κ1) is 17.3. The maximum atomic E-state index is 12.6. The second-order valence-electron chi connectivity index (χ2n) is 6.14. The van der Waals surface area contributed by atoms with Crippen molar-refractivity contribution in [2.75, 3.05) is 10.6 Å². The first-order valence-corrected chi connectivity index (χ1v) is 8.39. The fourth-order valence-corrected chi connectivity index (χ4v) is 2.72. The van der Waals surface area contributed by atoms with Crippen LogP contribution >= 0.6 is 0 Å². The van der Waals surface area contributed by atoms with E-state index in [0.717, 1.165) is 5.56 Å². The number of carbonyl (C=O) groups excluding carboxylic acids is 2. The Morgan fingerprint density at radius 1 is 1.00 bits per heavy atom. The number of anilines is 2. The van der Waals surface area contributed by atoms with E-state index in [1.54, 1.807) is 48.5 Å². The maximum absolute atomic E-state index is 12.6. The monoisotopic (exact) mass is 377 g/mol. The molecule has 3 N–H and O–H groups in total. The van der Waals surface area contributed by atoms with Gasteiger partial charge in [0.25, 0.3) is 11.8 Å². The highest BCUT2D eigenvalue weighted by Gasteiger charge is 2.13. The minimum Gasteiger partial charge on any atom is -0.459 e. The van der Waals surface area contributed by atoms with Crippen LogP contribution in [-0.2, 0) is 0 Å². The van der Waals surface area contributed by atoms with Crippen molar-refractivity contribution < 1.29 is 18.4 Å². The molecule has 140 valence electrons. The minimum atomic E-state index is -0.561. The molecule has 0 atom stereocenters. The summed E-state index contributed by atoms with van der Waals surface area (Å²) in [7, 11) is 0. The number of carbonyl (C=O) groups is 2. The van der Waals surface area contributed by atoms with Crippen molar-refractivity contribution in [3.8, 4) is 0 Å². The van der Waals surface area contributed by atoms with E-state index in [1.165, 1.54) is 6.26 Å². The lowest BCUT2D eigenvalue weighted by Gasteiger charge is -2.10. The second-order valence-corrected chi connectivity index (χ2v) is 6.14. The number of rotatable bonds is 4. The van der Waals surface area contributed by atoms with E-state index in [2.05, 4.69) is 15.6 Å². The number of aryl methyl sites for hydroxylation is 1. The quantitative estimate of drug-likeness (QED) is 0.503. The molecule has 0 aliphatic rings. The van der Waals surface area contributed by atoms with Crippen LogP contribution in [0.1, 0.15) is 26.5 Å².